The van der Waals surface area contributed by atoms with Crippen LogP contribution in [-0.4, -0.2) is 23.7 Å². The number of hydrogen-bond acceptors (Lipinski definition) is 4. The number of nitrogens with one attached hydrogen (secondary N) is 1. The highest BCUT2D eigenvalue weighted by Gasteiger charge is 2.24. The zero-order chi connectivity index (χ0) is 20.0. The van der Waals surface area contributed by atoms with Crippen molar-refractivity contribution in [3.05, 3.63) is 60.0 Å². The fourth-order valence-electron chi connectivity index (χ4n) is 3.39. The highest BCUT2D eigenvalue weighted by molar-refractivity contribution is 5.89. The minimum Gasteiger partial charge on any atom is -0.493 e. The van der Waals surface area contributed by atoms with Crippen molar-refractivity contribution in [2.75, 3.05) is 13.7 Å². The van der Waals surface area contributed by atoms with Crippen molar-refractivity contribution in [3.8, 4) is 23.0 Å². The summed E-state index contributed by atoms with van der Waals surface area (Å²) in [7, 11) is 1.59. The maximum atomic E-state index is 15.0. The van der Waals surface area contributed by atoms with Gasteiger partial charge in [-0.25, -0.2) is 4.39 Å². The monoisotopic (exact) mass is 391 g/mol. The average molecular weight is 391 g/mol. The molecule has 0 atom stereocenters. The van der Waals surface area contributed by atoms with Gasteiger partial charge in [0, 0.05) is 40.2 Å². The summed E-state index contributed by atoms with van der Waals surface area (Å²) < 4.78 is 32.3. The van der Waals surface area contributed by atoms with Gasteiger partial charge in [0.1, 0.15) is 5.75 Å². The zero-order valence-electron chi connectivity index (χ0n) is 16.2. The number of halogens is 1. The van der Waals surface area contributed by atoms with E-state index in [4.69, 9.17) is 14.2 Å². The number of aromatic amines is 1. The van der Waals surface area contributed by atoms with Gasteiger partial charge in [-0.3, -0.25) is 4.98 Å². The predicted octanol–water partition coefficient (Wildman–Crippen LogP) is 5.71. The van der Waals surface area contributed by atoms with Gasteiger partial charge in [0.15, 0.2) is 23.1 Å². The number of H-pyrrole nitrogens is 1. The molecule has 0 bridgehead atoms. The molecule has 4 aromatic rings. The summed E-state index contributed by atoms with van der Waals surface area (Å²) in [6, 6.07) is 10.6. The molecule has 0 aliphatic heterocycles. The first-order valence-corrected chi connectivity index (χ1v) is 9.51. The number of fused-ring (bicyclic) bond motifs is 2. The summed E-state index contributed by atoms with van der Waals surface area (Å²) in [5.41, 5.74) is 2.33. The van der Waals surface area contributed by atoms with E-state index in [1.54, 1.807) is 31.5 Å². The second kappa shape index (κ2) is 6.95. The Morgan fingerprint density at radius 1 is 1.00 bits per heavy atom. The zero-order valence-corrected chi connectivity index (χ0v) is 16.2. The number of benzene rings is 2. The van der Waals surface area contributed by atoms with Gasteiger partial charge in [0.2, 0.25) is 0 Å². The molecular formula is C23H20FN2O3. The van der Waals surface area contributed by atoms with E-state index in [0.29, 0.717) is 34.8 Å². The second-order valence-electron chi connectivity index (χ2n) is 7.26. The molecule has 0 unspecified atom stereocenters. The molecule has 2 aromatic carbocycles. The SMILES string of the molecule is COc1cc2c(Oc3ccc4[nH]c(C)cc4c3F)ccnc2cc1OC[C]1CC1. The third kappa shape index (κ3) is 3.35. The van der Waals surface area contributed by atoms with E-state index < -0.39 is 5.82 Å². The number of aromatic nitrogens is 2. The molecule has 147 valence electrons. The van der Waals surface area contributed by atoms with E-state index >= 15 is 0 Å². The first kappa shape index (κ1) is 17.8. The van der Waals surface area contributed by atoms with E-state index in [1.807, 2.05) is 25.1 Å². The smallest absolute Gasteiger partial charge is 0.175 e. The van der Waals surface area contributed by atoms with E-state index in [2.05, 4.69) is 9.97 Å². The van der Waals surface area contributed by atoms with Gasteiger partial charge < -0.3 is 19.2 Å². The fraction of sp³-hybridized carbons (Fsp3) is 0.217. The maximum absolute atomic E-state index is 15.0. The standard InChI is InChI=1S/C23H20FN2O3/c1-13-9-16-17(26-13)5-6-20(23(16)24)29-19-7-8-25-18-11-22(28-12-14-3-4-14)21(27-2)10-15(18)19/h5-11,26H,3-4,12H2,1-2H3. The lowest BCUT2D eigenvalue weighted by atomic mass is 10.1. The molecule has 2 aromatic heterocycles. The molecule has 6 heteroatoms. The summed E-state index contributed by atoms with van der Waals surface area (Å²) in [6.45, 7) is 2.49. The van der Waals surface area contributed by atoms with Crippen molar-refractivity contribution in [3.63, 3.8) is 0 Å². The Morgan fingerprint density at radius 2 is 1.86 bits per heavy atom. The van der Waals surface area contributed by atoms with E-state index in [0.717, 1.165) is 29.4 Å². The van der Waals surface area contributed by atoms with Crippen LogP contribution in [0.15, 0.2) is 42.6 Å². The molecule has 1 saturated carbocycles. The molecule has 1 radical (unpaired) electrons. The number of hydrogen-bond donors (Lipinski definition) is 1. The first-order chi connectivity index (χ1) is 14.1. The van der Waals surface area contributed by atoms with Crippen LogP contribution in [0.4, 0.5) is 4.39 Å². The summed E-state index contributed by atoms with van der Waals surface area (Å²) in [5, 5.41) is 1.23. The Kier molecular flexibility index (Phi) is 4.27. The van der Waals surface area contributed by atoms with Crippen molar-refractivity contribution >= 4 is 21.8 Å². The molecule has 5 nitrogen and oxygen atoms in total. The number of pyridine rings is 1. The van der Waals surface area contributed by atoms with Gasteiger partial charge in [0.25, 0.3) is 0 Å². The molecular weight excluding hydrogens is 371 g/mol. The summed E-state index contributed by atoms with van der Waals surface area (Å²) in [4.78, 5) is 7.54. The predicted molar refractivity (Wildman–Crippen MR) is 109 cm³/mol. The molecule has 1 fully saturated rings. The van der Waals surface area contributed by atoms with Crippen LogP contribution in [0.5, 0.6) is 23.0 Å². The van der Waals surface area contributed by atoms with Gasteiger partial charge in [-0.15, -0.1) is 0 Å². The second-order valence-corrected chi connectivity index (χ2v) is 7.26. The number of ether oxygens (including phenoxy) is 3. The van der Waals surface area contributed by atoms with Crippen LogP contribution in [0.1, 0.15) is 18.5 Å². The molecule has 1 N–H and O–H groups in total. The van der Waals surface area contributed by atoms with Gasteiger partial charge in [-0.2, -0.15) is 0 Å². The Balaban J connectivity index is 1.53. The Labute approximate surface area is 167 Å². The van der Waals surface area contributed by atoms with Crippen molar-refractivity contribution in [1.29, 1.82) is 0 Å². The Bertz CT molecular complexity index is 1210. The van der Waals surface area contributed by atoms with Crippen molar-refractivity contribution in [1.82, 2.24) is 9.97 Å². The number of aryl methyl sites for hydroxylation is 1. The van der Waals surface area contributed by atoms with Crippen molar-refractivity contribution in [2.45, 2.75) is 19.8 Å². The van der Waals surface area contributed by atoms with E-state index in [1.165, 1.54) is 5.92 Å². The summed E-state index contributed by atoms with van der Waals surface area (Å²) in [6.07, 6.45) is 3.89. The molecule has 0 saturated heterocycles. The normalized spacial score (nSPS) is 13.8. The minimum absolute atomic E-state index is 0.161. The molecule has 29 heavy (non-hydrogen) atoms. The Morgan fingerprint density at radius 3 is 2.66 bits per heavy atom. The van der Waals surface area contributed by atoms with Crippen LogP contribution in [-0.2, 0) is 0 Å². The minimum atomic E-state index is -0.398. The van der Waals surface area contributed by atoms with Crippen LogP contribution in [0.2, 0.25) is 0 Å². The lowest BCUT2D eigenvalue weighted by Crippen LogP contribution is -2.00. The molecule has 2 heterocycles. The fourth-order valence-corrected chi connectivity index (χ4v) is 3.39. The lowest BCUT2D eigenvalue weighted by Gasteiger charge is -2.14. The molecule has 0 spiro atoms. The van der Waals surface area contributed by atoms with Crippen molar-refractivity contribution < 1.29 is 18.6 Å². The number of rotatable bonds is 6. The van der Waals surface area contributed by atoms with Gasteiger partial charge in [-0.1, -0.05) is 0 Å². The van der Waals surface area contributed by atoms with E-state index in [9.17, 15) is 4.39 Å². The first-order valence-electron chi connectivity index (χ1n) is 9.51. The summed E-state index contributed by atoms with van der Waals surface area (Å²) >= 11 is 0. The number of methoxy groups -OCH3 is 1. The number of nitrogens with zero attached hydrogens (tertiary/aromatic N) is 1. The van der Waals surface area contributed by atoms with Crippen LogP contribution in [0.3, 0.4) is 0 Å². The van der Waals surface area contributed by atoms with Gasteiger partial charge in [-0.05, 0) is 50.1 Å². The molecule has 1 aliphatic carbocycles. The third-order valence-electron chi connectivity index (χ3n) is 5.08. The Hall–Kier alpha value is -3.28. The van der Waals surface area contributed by atoms with E-state index in [-0.39, 0.29) is 5.75 Å². The quantitative estimate of drug-likeness (QED) is 0.457. The van der Waals surface area contributed by atoms with Crippen molar-refractivity contribution in [2.24, 2.45) is 0 Å². The molecule has 0 amide bonds. The average Bonchev–Trinajstić information content (AvgIpc) is 3.47. The van der Waals surface area contributed by atoms with Gasteiger partial charge >= 0.3 is 0 Å². The molecule has 5 rings (SSSR count). The highest BCUT2D eigenvalue weighted by atomic mass is 19.1. The largest absolute Gasteiger partial charge is 0.493 e. The topological polar surface area (TPSA) is 56.4 Å². The van der Waals surface area contributed by atoms with Crippen LogP contribution in [0.25, 0.3) is 21.8 Å². The highest BCUT2D eigenvalue weighted by Crippen LogP contribution is 2.40. The summed E-state index contributed by atoms with van der Waals surface area (Å²) in [5.74, 6) is 2.89. The third-order valence-corrected chi connectivity index (χ3v) is 5.08. The maximum Gasteiger partial charge on any atom is 0.175 e. The van der Waals surface area contributed by atoms with Gasteiger partial charge in [0.05, 0.1) is 19.2 Å². The van der Waals surface area contributed by atoms with Crippen LogP contribution < -0.4 is 14.2 Å². The lowest BCUT2D eigenvalue weighted by molar-refractivity contribution is 0.314. The molecule has 1 aliphatic rings. The van der Waals surface area contributed by atoms with Crippen LogP contribution >= 0.6 is 0 Å². The van der Waals surface area contributed by atoms with Crippen LogP contribution in [0, 0.1) is 18.7 Å².